The molecule has 0 aliphatic rings. The van der Waals surface area contributed by atoms with Gasteiger partial charge in [0.25, 0.3) is 0 Å². The first-order chi connectivity index (χ1) is 35.7. The molecule has 0 aliphatic carbocycles. The van der Waals surface area contributed by atoms with Crippen molar-refractivity contribution in [1.82, 2.24) is 23.3 Å². The van der Waals surface area contributed by atoms with E-state index in [0.717, 1.165) is 111 Å². The van der Waals surface area contributed by atoms with E-state index in [1.54, 1.807) is 0 Å². The average molecular weight is 917 g/mol. The van der Waals surface area contributed by atoms with E-state index in [0.29, 0.717) is 5.56 Å². The average Bonchev–Trinajstić information content (AvgIpc) is 4.18. The molecule has 0 saturated carbocycles. The summed E-state index contributed by atoms with van der Waals surface area (Å²) >= 11 is 0. The van der Waals surface area contributed by atoms with E-state index in [2.05, 4.69) is 261 Å². The molecule has 6 nitrogen and oxygen atoms in total. The van der Waals surface area contributed by atoms with Gasteiger partial charge < -0.3 is 18.3 Å². The Hall–Kier alpha value is -9.96. The molecule has 0 radical (unpaired) electrons. The Morgan fingerprint density at radius 3 is 1.12 bits per heavy atom. The number of hydrogen-bond donors (Lipinski definition) is 0. The molecule has 5 aromatic heterocycles. The second-order valence-corrected chi connectivity index (χ2v) is 18.6. The zero-order valence-electron chi connectivity index (χ0n) is 38.8. The lowest BCUT2D eigenvalue weighted by Gasteiger charge is -2.19. The van der Waals surface area contributed by atoms with Crippen LogP contribution in [-0.4, -0.2) is 23.3 Å². The molecule has 0 saturated heterocycles. The summed E-state index contributed by atoms with van der Waals surface area (Å²) in [5, 5.41) is 20.8. The summed E-state index contributed by atoms with van der Waals surface area (Å²) in [6, 6.07) is 88.9. The largest absolute Gasteiger partial charge is 0.309 e. The van der Waals surface area contributed by atoms with Gasteiger partial charge in [-0.2, -0.15) is 5.26 Å². The van der Waals surface area contributed by atoms with E-state index in [1.807, 2.05) is 6.07 Å². The molecule has 0 fully saturated rings. The number of aromatic nitrogens is 5. The first-order valence-corrected chi connectivity index (χ1v) is 24.4. The number of nitrogens with zero attached hydrogens (tertiary/aromatic N) is 6. The van der Waals surface area contributed by atoms with Crippen molar-refractivity contribution in [3.05, 3.63) is 248 Å². The molecule has 72 heavy (non-hydrogen) atoms. The van der Waals surface area contributed by atoms with Crippen LogP contribution in [0.4, 0.5) is 0 Å². The van der Waals surface area contributed by atoms with Gasteiger partial charge in [-0.3, -0.25) is 0 Å². The fourth-order valence-corrected chi connectivity index (χ4v) is 11.7. The molecule has 0 bridgehead atoms. The number of hydrogen-bond acceptors (Lipinski definition) is 2. The minimum Gasteiger partial charge on any atom is -0.309 e. The van der Waals surface area contributed by atoms with Crippen molar-refractivity contribution >= 4 is 87.2 Å². The van der Waals surface area contributed by atoms with E-state index in [-0.39, 0.29) is 0 Å². The van der Waals surface area contributed by atoms with Crippen molar-refractivity contribution in [2.24, 2.45) is 0 Å². The van der Waals surface area contributed by atoms with Gasteiger partial charge in [0.1, 0.15) is 6.07 Å². The van der Waals surface area contributed by atoms with Crippen molar-refractivity contribution in [3.63, 3.8) is 0 Å². The minimum atomic E-state index is 0.551. The molecule has 0 amide bonds. The second kappa shape index (κ2) is 15.5. The lowest BCUT2D eigenvalue weighted by molar-refractivity contribution is 1.13. The van der Waals surface area contributed by atoms with Gasteiger partial charge >= 0.3 is 0 Å². The summed E-state index contributed by atoms with van der Waals surface area (Å²) < 4.78 is 9.35. The molecule has 5 heterocycles. The summed E-state index contributed by atoms with van der Waals surface area (Å²) in [5.41, 5.74) is 16.7. The third-order valence-corrected chi connectivity index (χ3v) is 14.8. The zero-order chi connectivity index (χ0) is 47.4. The Kier molecular flexibility index (Phi) is 8.62. The summed E-state index contributed by atoms with van der Waals surface area (Å²) in [6.07, 6.45) is 0. The van der Waals surface area contributed by atoms with Crippen LogP contribution in [0.5, 0.6) is 0 Å². The number of benzene rings is 10. The maximum absolute atomic E-state index is 11.5. The van der Waals surface area contributed by atoms with Gasteiger partial charge in [-0.1, -0.05) is 146 Å². The van der Waals surface area contributed by atoms with Crippen LogP contribution in [0.25, 0.3) is 132 Å². The fourth-order valence-electron chi connectivity index (χ4n) is 11.7. The van der Waals surface area contributed by atoms with Gasteiger partial charge in [0.15, 0.2) is 0 Å². The van der Waals surface area contributed by atoms with Gasteiger partial charge in [0.05, 0.1) is 72.5 Å². The van der Waals surface area contributed by atoms with Crippen LogP contribution in [0.2, 0.25) is 0 Å². The minimum absolute atomic E-state index is 0.551. The van der Waals surface area contributed by atoms with E-state index >= 15 is 0 Å². The van der Waals surface area contributed by atoms with Gasteiger partial charge in [0.2, 0.25) is 0 Å². The molecule has 0 atom stereocenters. The highest BCUT2D eigenvalue weighted by Gasteiger charge is 2.24. The van der Waals surface area contributed by atoms with Gasteiger partial charge in [-0.25, -0.2) is 4.98 Å². The zero-order valence-corrected chi connectivity index (χ0v) is 38.8. The maximum atomic E-state index is 11.5. The molecule has 10 aromatic carbocycles. The molecule has 334 valence electrons. The molecule has 0 spiro atoms. The Labute approximate surface area is 413 Å². The molecule has 0 N–H and O–H groups in total. The standard InChI is InChI=1S/C66H40N6/c67-41-43-37-66(72-62-32-15-9-24-51(62)53-39-45(34-36-64(53)72)70-59-29-12-6-21-48(59)49-22-7-13-30-60(49)70)54(56-26-16-25-55(68-56)42-17-2-1-3-18-42)40-65(43)71-61-31-14-8-23-50(61)52-38-44(33-35-63(52)71)69-57-27-10-4-19-46(57)47-20-5-11-28-58(47)69/h1-40H. The first-order valence-electron chi connectivity index (χ1n) is 24.4. The highest BCUT2D eigenvalue weighted by atomic mass is 15.0. The Morgan fingerprint density at radius 1 is 0.292 bits per heavy atom. The van der Waals surface area contributed by atoms with E-state index in [4.69, 9.17) is 4.98 Å². The van der Waals surface area contributed by atoms with Crippen molar-refractivity contribution in [1.29, 1.82) is 5.26 Å². The summed E-state index contributed by atoms with van der Waals surface area (Å²) in [5.74, 6) is 0. The van der Waals surface area contributed by atoms with Crippen LogP contribution >= 0.6 is 0 Å². The highest BCUT2D eigenvalue weighted by Crippen LogP contribution is 2.43. The predicted molar refractivity (Wildman–Crippen MR) is 297 cm³/mol. The van der Waals surface area contributed by atoms with Crippen molar-refractivity contribution in [3.8, 4) is 51.3 Å². The number of fused-ring (bicyclic) bond motifs is 12. The van der Waals surface area contributed by atoms with E-state index in [9.17, 15) is 5.26 Å². The third-order valence-electron chi connectivity index (χ3n) is 14.8. The summed E-state index contributed by atoms with van der Waals surface area (Å²) in [4.78, 5) is 5.43. The first kappa shape index (κ1) is 40.0. The van der Waals surface area contributed by atoms with Crippen LogP contribution in [0.1, 0.15) is 5.56 Å². The number of nitriles is 1. The smallest absolute Gasteiger partial charge is 0.101 e. The lowest BCUT2D eigenvalue weighted by atomic mass is 10.0. The molecular weight excluding hydrogens is 877 g/mol. The molecule has 15 aromatic rings. The maximum Gasteiger partial charge on any atom is 0.101 e. The van der Waals surface area contributed by atoms with E-state index in [1.165, 1.54) is 21.5 Å². The van der Waals surface area contributed by atoms with Gasteiger partial charge in [0, 0.05) is 65.6 Å². The van der Waals surface area contributed by atoms with Crippen LogP contribution in [-0.2, 0) is 0 Å². The number of para-hydroxylation sites is 6. The van der Waals surface area contributed by atoms with Gasteiger partial charge in [-0.05, 0) is 97.1 Å². The topological polar surface area (TPSA) is 56.4 Å². The van der Waals surface area contributed by atoms with Crippen LogP contribution in [0.15, 0.2) is 243 Å². The Bertz CT molecular complexity index is 4660. The molecule has 0 aliphatic heterocycles. The fraction of sp³-hybridized carbons (Fsp3) is 0. The monoisotopic (exact) mass is 916 g/mol. The highest BCUT2D eigenvalue weighted by molar-refractivity contribution is 6.14. The number of rotatable bonds is 6. The van der Waals surface area contributed by atoms with Crippen LogP contribution in [0, 0.1) is 11.3 Å². The SMILES string of the molecule is N#Cc1cc(-n2c3ccccc3c3cc(-n4c5ccccc5c5ccccc54)ccc32)c(-c2cccc(-c3ccccc3)n2)cc1-n1c2ccccc2c2cc(-n3c4ccccc4c4ccccc43)ccc21. The molecular formula is C66H40N6. The van der Waals surface area contributed by atoms with Crippen LogP contribution < -0.4 is 0 Å². The Balaban J connectivity index is 0.993. The van der Waals surface area contributed by atoms with Crippen molar-refractivity contribution < 1.29 is 0 Å². The molecule has 15 rings (SSSR count). The van der Waals surface area contributed by atoms with E-state index < -0.39 is 0 Å². The third kappa shape index (κ3) is 5.79. The summed E-state index contributed by atoms with van der Waals surface area (Å²) in [6.45, 7) is 0. The van der Waals surface area contributed by atoms with Crippen molar-refractivity contribution in [2.75, 3.05) is 0 Å². The Morgan fingerprint density at radius 2 is 0.667 bits per heavy atom. The van der Waals surface area contributed by atoms with Crippen LogP contribution in [0.3, 0.4) is 0 Å². The summed E-state index contributed by atoms with van der Waals surface area (Å²) in [7, 11) is 0. The second-order valence-electron chi connectivity index (χ2n) is 18.6. The number of pyridine rings is 1. The quantitative estimate of drug-likeness (QED) is 0.167. The molecule has 6 heteroatoms. The normalized spacial score (nSPS) is 11.9. The van der Waals surface area contributed by atoms with Gasteiger partial charge in [-0.15, -0.1) is 0 Å². The predicted octanol–water partition coefficient (Wildman–Crippen LogP) is 16.7. The molecule has 0 unspecified atom stereocenters. The van der Waals surface area contributed by atoms with Crippen molar-refractivity contribution in [2.45, 2.75) is 0 Å². The lowest BCUT2D eigenvalue weighted by Crippen LogP contribution is -2.05.